The third-order valence-corrected chi connectivity index (χ3v) is 5.27. The highest BCUT2D eigenvalue weighted by Gasteiger charge is 2.25. The maximum absolute atomic E-state index is 12.4. The molecule has 0 amide bonds. The van der Waals surface area contributed by atoms with Gasteiger partial charge in [-0.25, -0.2) is 9.79 Å². The van der Waals surface area contributed by atoms with Crippen molar-refractivity contribution >= 4 is 23.6 Å². The summed E-state index contributed by atoms with van der Waals surface area (Å²) in [4.78, 5) is 27.2. The maximum atomic E-state index is 12.4. The van der Waals surface area contributed by atoms with Crippen molar-refractivity contribution in [2.24, 2.45) is 4.99 Å². The van der Waals surface area contributed by atoms with Crippen LogP contribution in [0.4, 0.5) is 5.69 Å². The number of methoxy groups -OCH3 is 1. The van der Waals surface area contributed by atoms with Gasteiger partial charge >= 0.3 is 5.97 Å². The number of aliphatic imine (C=N–C) groups is 1. The Kier molecular flexibility index (Phi) is 6.40. The lowest BCUT2D eigenvalue weighted by Gasteiger charge is -2.11. The lowest BCUT2D eigenvalue weighted by atomic mass is 10.1. The Hall–Kier alpha value is -4.46. The van der Waals surface area contributed by atoms with E-state index in [1.165, 1.54) is 17.7 Å². The predicted octanol–water partition coefficient (Wildman–Crippen LogP) is 5.14. The number of carbonyl (C=O) groups excluding carboxylic acids is 1. The molecule has 1 heterocycles. The third kappa shape index (κ3) is 4.96. The summed E-state index contributed by atoms with van der Waals surface area (Å²) in [7, 11) is 1.54. The smallest absolute Gasteiger partial charge is 0.363 e. The lowest BCUT2D eigenvalue weighted by molar-refractivity contribution is -0.385. The molecule has 3 aromatic carbocycles. The summed E-state index contributed by atoms with van der Waals surface area (Å²) in [5.41, 5.74) is 3.93. The number of nitro benzene ring substituents is 1. The van der Waals surface area contributed by atoms with E-state index >= 15 is 0 Å². The van der Waals surface area contributed by atoms with Gasteiger partial charge in [0.1, 0.15) is 6.61 Å². The van der Waals surface area contributed by atoms with Gasteiger partial charge in [0.25, 0.3) is 5.69 Å². The first-order chi connectivity index (χ1) is 16.3. The van der Waals surface area contributed by atoms with Crippen LogP contribution in [0.25, 0.3) is 6.08 Å². The van der Waals surface area contributed by atoms with Crippen molar-refractivity contribution in [3.63, 3.8) is 0 Å². The Morgan fingerprint density at radius 3 is 2.47 bits per heavy atom. The molecule has 0 unspecified atom stereocenters. The highest BCUT2D eigenvalue weighted by atomic mass is 16.6. The molecule has 0 saturated heterocycles. The summed E-state index contributed by atoms with van der Waals surface area (Å²) in [6.45, 7) is 4.04. The van der Waals surface area contributed by atoms with E-state index in [1.54, 1.807) is 44.4 Å². The molecule has 0 atom stereocenters. The topological polar surface area (TPSA) is 100 Å². The first-order valence-corrected chi connectivity index (χ1v) is 10.5. The van der Waals surface area contributed by atoms with E-state index in [0.717, 1.165) is 5.56 Å². The summed E-state index contributed by atoms with van der Waals surface area (Å²) in [5.74, 6) is 0.580. The van der Waals surface area contributed by atoms with Crippen molar-refractivity contribution in [1.82, 2.24) is 0 Å². The Labute approximate surface area is 196 Å². The van der Waals surface area contributed by atoms with Gasteiger partial charge in [0.15, 0.2) is 17.2 Å². The number of nitrogens with zero attached hydrogens (tertiary/aromatic N) is 2. The zero-order valence-electron chi connectivity index (χ0n) is 18.9. The average Bonchev–Trinajstić information content (AvgIpc) is 3.18. The van der Waals surface area contributed by atoms with Crippen molar-refractivity contribution < 1.29 is 23.9 Å². The van der Waals surface area contributed by atoms with E-state index in [0.29, 0.717) is 34.8 Å². The monoisotopic (exact) mass is 458 g/mol. The Morgan fingerprint density at radius 2 is 1.79 bits per heavy atom. The van der Waals surface area contributed by atoms with Crippen LogP contribution in [0, 0.1) is 24.0 Å². The van der Waals surface area contributed by atoms with Gasteiger partial charge in [0, 0.05) is 17.2 Å². The number of aryl methyl sites for hydroxylation is 2. The van der Waals surface area contributed by atoms with Crippen LogP contribution >= 0.6 is 0 Å². The van der Waals surface area contributed by atoms with Gasteiger partial charge < -0.3 is 14.2 Å². The van der Waals surface area contributed by atoms with Crippen LogP contribution in [-0.2, 0) is 16.1 Å². The first kappa shape index (κ1) is 22.7. The molecular formula is C26H22N2O6. The lowest BCUT2D eigenvalue weighted by Crippen LogP contribution is -2.06. The highest BCUT2D eigenvalue weighted by molar-refractivity contribution is 6.13. The largest absolute Gasteiger partial charge is 0.493 e. The quantitative estimate of drug-likeness (QED) is 0.210. The van der Waals surface area contributed by atoms with E-state index in [2.05, 4.69) is 4.99 Å². The minimum Gasteiger partial charge on any atom is -0.493 e. The zero-order valence-corrected chi connectivity index (χ0v) is 18.9. The maximum Gasteiger partial charge on any atom is 0.363 e. The van der Waals surface area contributed by atoms with Gasteiger partial charge in [-0.05, 0) is 55.3 Å². The number of rotatable bonds is 7. The molecule has 3 aromatic rings. The summed E-state index contributed by atoms with van der Waals surface area (Å²) in [6, 6.07) is 17.8. The molecule has 172 valence electrons. The fraction of sp³-hybridized carbons (Fsp3) is 0.154. The molecule has 0 bridgehead atoms. The minimum atomic E-state index is -0.607. The van der Waals surface area contributed by atoms with Crippen LogP contribution < -0.4 is 9.47 Å². The van der Waals surface area contributed by atoms with Gasteiger partial charge in [0.05, 0.1) is 12.0 Å². The van der Waals surface area contributed by atoms with Gasteiger partial charge in [-0.1, -0.05) is 35.9 Å². The number of esters is 1. The molecule has 0 aliphatic carbocycles. The van der Waals surface area contributed by atoms with Crippen LogP contribution in [0.5, 0.6) is 11.5 Å². The van der Waals surface area contributed by atoms with Crippen molar-refractivity contribution in [2.75, 3.05) is 7.11 Å². The number of benzene rings is 3. The number of nitro groups is 1. The minimum absolute atomic E-state index is 0.0128. The van der Waals surface area contributed by atoms with Crippen LogP contribution in [0.3, 0.4) is 0 Å². The van der Waals surface area contributed by atoms with E-state index in [4.69, 9.17) is 14.2 Å². The van der Waals surface area contributed by atoms with Crippen molar-refractivity contribution in [2.45, 2.75) is 20.5 Å². The fourth-order valence-electron chi connectivity index (χ4n) is 3.42. The highest BCUT2D eigenvalue weighted by Crippen LogP contribution is 2.31. The fourth-order valence-corrected chi connectivity index (χ4v) is 3.42. The first-order valence-electron chi connectivity index (χ1n) is 10.5. The van der Waals surface area contributed by atoms with Crippen LogP contribution in [0.1, 0.15) is 27.8 Å². The second-order valence-corrected chi connectivity index (χ2v) is 7.78. The number of hydrogen-bond donors (Lipinski definition) is 0. The number of hydrogen-bond acceptors (Lipinski definition) is 7. The third-order valence-electron chi connectivity index (χ3n) is 5.27. The van der Waals surface area contributed by atoms with E-state index < -0.39 is 10.9 Å². The number of carbonyl (C=O) groups is 1. The van der Waals surface area contributed by atoms with Crippen molar-refractivity contribution in [3.05, 3.63) is 104 Å². The molecule has 0 radical (unpaired) electrons. The van der Waals surface area contributed by atoms with E-state index in [9.17, 15) is 14.9 Å². The summed E-state index contributed by atoms with van der Waals surface area (Å²) >= 11 is 0. The molecule has 1 aliphatic rings. The normalized spacial score (nSPS) is 14.0. The molecule has 0 fully saturated rings. The molecule has 4 rings (SSSR count). The van der Waals surface area contributed by atoms with Crippen LogP contribution in [-0.4, -0.2) is 23.9 Å². The molecule has 8 heteroatoms. The Bertz CT molecular complexity index is 1330. The Morgan fingerprint density at radius 1 is 1.03 bits per heavy atom. The van der Waals surface area contributed by atoms with Gasteiger partial charge in [-0.2, -0.15) is 0 Å². The van der Waals surface area contributed by atoms with Gasteiger partial charge in [-0.15, -0.1) is 0 Å². The van der Waals surface area contributed by atoms with Crippen molar-refractivity contribution in [3.8, 4) is 11.5 Å². The molecule has 0 aromatic heterocycles. The number of ether oxygens (including phenoxy) is 3. The average molecular weight is 458 g/mol. The van der Waals surface area contributed by atoms with E-state index in [1.807, 2.05) is 31.2 Å². The van der Waals surface area contributed by atoms with Crippen LogP contribution in [0.15, 0.2) is 71.4 Å². The Balaban J connectivity index is 1.54. The standard InChI is InChI=1S/C26H22N2O6/c1-16-4-6-18(7-5-16)15-33-23-11-8-19(14-24(23)32-3)13-21-26(29)34-25(27-21)20-9-10-22(28(30)31)17(2)12-20/h4-14H,15H2,1-3H3/b21-13-. The van der Waals surface area contributed by atoms with Crippen LogP contribution in [0.2, 0.25) is 0 Å². The van der Waals surface area contributed by atoms with Gasteiger partial charge in [-0.3, -0.25) is 10.1 Å². The summed E-state index contributed by atoms with van der Waals surface area (Å²) in [6.07, 6.45) is 1.58. The second-order valence-electron chi connectivity index (χ2n) is 7.78. The molecule has 0 spiro atoms. The van der Waals surface area contributed by atoms with E-state index in [-0.39, 0.29) is 17.3 Å². The SMILES string of the molecule is COc1cc(/C=C2\N=C(c3ccc([N+](=O)[O-])c(C)c3)OC2=O)ccc1OCc1ccc(C)cc1. The molecule has 8 nitrogen and oxygen atoms in total. The van der Waals surface area contributed by atoms with Crippen molar-refractivity contribution in [1.29, 1.82) is 0 Å². The molecular weight excluding hydrogens is 436 g/mol. The zero-order chi connectivity index (χ0) is 24.2. The summed E-state index contributed by atoms with van der Waals surface area (Å²) < 4.78 is 16.6. The van der Waals surface area contributed by atoms with Gasteiger partial charge in [0.2, 0.25) is 5.90 Å². The molecule has 0 N–H and O–H groups in total. The molecule has 34 heavy (non-hydrogen) atoms. The molecule has 1 aliphatic heterocycles. The predicted molar refractivity (Wildman–Crippen MR) is 127 cm³/mol. The second kappa shape index (κ2) is 9.58. The number of cyclic esters (lactones) is 1. The summed E-state index contributed by atoms with van der Waals surface area (Å²) in [5, 5.41) is 11.0. The molecule has 0 saturated carbocycles.